The van der Waals surface area contributed by atoms with Crippen molar-refractivity contribution in [2.45, 2.75) is 37.7 Å². The summed E-state index contributed by atoms with van der Waals surface area (Å²) in [4.78, 5) is 12.4. The van der Waals surface area contributed by atoms with Crippen molar-refractivity contribution in [2.75, 3.05) is 11.9 Å². The molecule has 0 radical (unpaired) electrons. The van der Waals surface area contributed by atoms with Gasteiger partial charge in [0.15, 0.2) is 6.10 Å². The lowest BCUT2D eigenvalue weighted by Crippen LogP contribution is -2.30. The van der Waals surface area contributed by atoms with E-state index in [0.29, 0.717) is 18.0 Å². The standard InChI is InChI=1S/C19H24N2O4S/c1-3-4-14-20-26(23,24)18-12-10-16(11-13-18)21-19(22)15(2)25-17-8-6-5-7-9-17/h5-13,15,20H,3-4,14H2,1-2H3,(H,21,22)/t15-/m0/s1. The van der Waals surface area contributed by atoms with E-state index in [1.54, 1.807) is 31.2 Å². The van der Waals surface area contributed by atoms with Crippen LogP contribution in [0.4, 0.5) is 5.69 Å². The second-order valence-electron chi connectivity index (χ2n) is 5.84. The van der Waals surface area contributed by atoms with Gasteiger partial charge in [-0.2, -0.15) is 0 Å². The molecular formula is C19H24N2O4S. The van der Waals surface area contributed by atoms with Gasteiger partial charge in [-0.1, -0.05) is 31.5 Å². The Kier molecular flexibility index (Phi) is 7.17. The number of hydrogen-bond acceptors (Lipinski definition) is 4. The molecule has 0 saturated heterocycles. The van der Waals surface area contributed by atoms with Crippen LogP contribution in [0.15, 0.2) is 59.5 Å². The summed E-state index contributed by atoms with van der Waals surface area (Å²) in [5.41, 5.74) is 0.506. The van der Waals surface area contributed by atoms with Crippen molar-refractivity contribution in [2.24, 2.45) is 0 Å². The normalized spacial score (nSPS) is 12.4. The Morgan fingerprint density at radius 2 is 1.73 bits per heavy atom. The second kappa shape index (κ2) is 9.35. The largest absolute Gasteiger partial charge is 0.481 e. The number of hydrogen-bond donors (Lipinski definition) is 2. The number of rotatable bonds is 9. The van der Waals surface area contributed by atoms with Crippen LogP contribution >= 0.6 is 0 Å². The van der Waals surface area contributed by atoms with Crippen LogP contribution < -0.4 is 14.8 Å². The number of ether oxygens (including phenoxy) is 1. The molecule has 0 heterocycles. The van der Waals surface area contributed by atoms with Crippen LogP contribution in [0.2, 0.25) is 0 Å². The molecule has 0 aliphatic carbocycles. The third kappa shape index (κ3) is 5.86. The van der Waals surface area contributed by atoms with E-state index < -0.39 is 16.1 Å². The molecule has 0 aliphatic rings. The Morgan fingerprint density at radius 3 is 2.35 bits per heavy atom. The minimum atomic E-state index is -3.52. The van der Waals surface area contributed by atoms with Crippen molar-refractivity contribution in [3.05, 3.63) is 54.6 Å². The van der Waals surface area contributed by atoms with Gasteiger partial charge in [0.05, 0.1) is 4.90 Å². The number of unbranched alkanes of at least 4 members (excludes halogenated alkanes) is 1. The zero-order valence-corrected chi connectivity index (χ0v) is 15.8. The molecule has 0 fully saturated rings. The first-order valence-electron chi connectivity index (χ1n) is 8.54. The van der Waals surface area contributed by atoms with Crippen LogP contribution in [0, 0.1) is 0 Å². The van der Waals surface area contributed by atoms with Crippen molar-refractivity contribution in [1.82, 2.24) is 4.72 Å². The van der Waals surface area contributed by atoms with Gasteiger partial charge in [-0.05, 0) is 49.7 Å². The number of carbonyl (C=O) groups excluding carboxylic acids is 1. The highest BCUT2D eigenvalue weighted by atomic mass is 32.2. The van der Waals surface area contributed by atoms with E-state index in [1.165, 1.54) is 12.1 Å². The molecule has 7 heteroatoms. The van der Waals surface area contributed by atoms with Gasteiger partial charge in [0.25, 0.3) is 5.91 Å². The first-order valence-corrected chi connectivity index (χ1v) is 10.0. The maximum Gasteiger partial charge on any atom is 0.265 e. The van der Waals surface area contributed by atoms with Gasteiger partial charge >= 0.3 is 0 Å². The molecule has 0 bridgehead atoms. The third-order valence-corrected chi connectivity index (χ3v) is 5.16. The highest BCUT2D eigenvalue weighted by Gasteiger charge is 2.16. The average Bonchev–Trinajstić information content (AvgIpc) is 2.63. The van der Waals surface area contributed by atoms with Crippen LogP contribution in [0.3, 0.4) is 0 Å². The summed E-state index contributed by atoms with van der Waals surface area (Å²) in [6.45, 7) is 4.05. The summed E-state index contributed by atoms with van der Waals surface area (Å²) >= 11 is 0. The Bertz CT molecular complexity index is 805. The molecule has 6 nitrogen and oxygen atoms in total. The molecule has 0 unspecified atom stereocenters. The molecule has 2 rings (SSSR count). The summed E-state index contributed by atoms with van der Waals surface area (Å²) in [6, 6.07) is 15.1. The molecular weight excluding hydrogens is 352 g/mol. The summed E-state index contributed by atoms with van der Waals surface area (Å²) < 4.78 is 32.4. The number of sulfonamides is 1. The van der Waals surface area contributed by atoms with Crippen LogP contribution in [0.1, 0.15) is 26.7 Å². The van der Waals surface area contributed by atoms with Crippen LogP contribution in [0.5, 0.6) is 5.75 Å². The van der Waals surface area contributed by atoms with Gasteiger partial charge in [0.1, 0.15) is 5.75 Å². The van der Waals surface area contributed by atoms with Gasteiger partial charge in [0.2, 0.25) is 10.0 Å². The van der Waals surface area contributed by atoms with Gasteiger partial charge in [-0.25, -0.2) is 13.1 Å². The monoisotopic (exact) mass is 376 g/mol. The van der Waals surface area contributed by atoms with Gasteiger partial charge in [-0.15, -0.1) is 0 Å². The van der Waals surface area contributed by atoms with Gasteiger partial charge in [-0.3, -0.25) is 4.79 Å². The van der Waals surface area contributed by atoms with Crippen molar-refractivity contribution >= 4 is 21.6 Å². The van der Waals surface area contributed by atoms with E-state index in [9.17, 15) is 13.2 Å². The maximum absolute atomic E-state index is 12.2. The first-order chi connectivity index (χ1) is 12.4. The number of amides is 1. The molecule has 26 heavy (non-hydrogen) atoms. The minimum Gasteiger partial charge on any atom is -0.481 e. The number of anilines is 1. The van der Waals surface area contributed by atoms with Gasteiger partial charge in [0, 0.05) is 12.2 Å². The summed E-state index contributed by atoms with van der Waals surface area (Å²) in [5.74, 6) is 0.292. The molecule has 0 aliphatic heterocycles. The van der Waals surface area contributed by atoms with E-state index in [4.69, 9.17) is 4.74 Å². The van der Waals surface area contributed by atoms with Crippen LogP contribution in [-0.4, -0.2) is 27.0 Å². The van der Waals surface area contributed by atoms with Crippen LogP contribution in [0.25, 0.3) is 0 Å². The highest BCUT2D eigenvalue weighted by molar-refractivity contribution is 7.89. The molecule has 1 atom stereocenters. The van der Waals surface area contributed by atoms with Crippen molar-refractivity contribution in [3.63, 3.8) is 0 Å². The molecule has 0 spiro atoms. The summed E-state index contributed by atoms with van der Waals surface area (Å²) in [6.07, 6.45) is 1.01. The zero-order valence-electron chi connectivity index (χ0n) is 14.9. The van der Waals surface area contributed by atoms with E-state index >= 15 is 0 Å². The smallest absolute Gasteiger partial charge is 0.265 e. The van der Waals surface area contributed by atoms with E-state index in [2.05, 4.69) is 10.0 Å². The molecule has 1 amide bonds. The Balaban J connectivity index is 1.94. The number of nitrogens with one attached hydrogen (secondary N) is 2. The molecule has 2 aromatic carbocycles. The Morgan fingerprint density at radius 1 is 1.08 bits per heavy atom. The molecule has 0 aromatic heterocycles. The Hall–Kier alpha value is -2.38. The van der Waals surface area contributed by atoms with Gasteiger partial charge < -0.3 is 10.1 Å². The average molecular weight is 376 g/mol. The fraction of sp³-hybridized carbons (Fsp3) is 0.316. The summed E-state index contributed by atoms with van der Waals surface area (Å²) in [5, 5.41) is 2.71. The summed E-state index contributed by atoms with van der Waals surface area (Å²) in [7, 11) is -3.52. The fourth-order valence-electron chi connectivity index (χ4n) is 2.18. The van der Waals surface area contributed by atoms with Crippen molar-refractivity contribution < 1.29 is 17.9 Å². The topological polar surface area (TPSA) is 84.5 Å². The first kappa shape index (κ1) is 19.9. The molecule has 2 aromatic rings. The molecule has 0 saturated carbocycles. The lowest BCUT2D eigenvalue weighted by molar-refractivity contribution is -0.122. The highest BCUT2D eigenvalue weighted by Crippen LogP contribution is 2.16. The molecule has 2 N–H and O–H groups in total. The van der Waals surface area contributed by atoms with Crippen LogP contribution in [-0.2, 0) is 14.8 Å². The lowest BCUT2D eigenvalue weighted by Gasteiger charge is -2.15. The third-order valence-electron chi connectivity index (χ3n) is 3.68. The zero-order chi connectivity index (χ0) is 19.0. The minimum absolute atomic E-state index is 0.167. The van der Waals surface area contributed by atoms with E-state index in [-0.39, 0.29) is 10.8 Å². The predicted molar refractivity (Wildman–Crippen MR) is 102 cm³/mol. The Labute approximate surface area is 154 Å². The lowest BCUT2D eigenvalue weighted by atomic mass is 10.3. The molecule has 140 valence electrons. The fourth-order valence-corrected chi connectivity index (χ4v) is 3.26. The maximum atomic E-state index is 12.2. The number of carbonyl (C=O) groups is 1. The van der Waals surface area contributed by atoms with Crippen molar-refractivity contribution in [3.8, 4) is 5.75 Å². The second-order valence-corrected chi connectivity index (χ2v) is 7.61. The van der Waals surface area contributed by atoms with Crippen molar-refractivity contribution in [1.29, 1.82) is 0 Å². The van der Waals surface area contributed by atoms with E-state index in [0.717, 1.165) is 12.8 Å². The number of benzene rings is 2. The number of para-hydroxylation sites is 1. The SMILES string of the molecule is CCCCNS(=O)(=O)c1ccc(NC(=O)[C@H](C)Oc2ccccc2)cc1. The quantitative estimate of drug-likeness (QED) is 0.659. The predicted octanol–water partition coefficient (Wildman–Crippen LogP) is 3.17. The van der Waals surface area contributed by atoms with E-state index in [1.807, 2.05) is 25.1 Å².